The van der Waals surface area contributed by atoms with Crippen molar-refractivity contribution in [3.05, 3.63) is 53.9 Å². The second-order valence-electron chi connectivity index (χ2n) is 5.75. The second kappa shape index (κ2) is 7.63. The highest BCUT2D eigenvalue weighted by Gasteiger charge is 2.34. The van der Waals surface area contributed by atoms with E-state index < -0.39 is 5.91 Å². The molecule has 0 radical (unpaired) electrons. The molecule has 1 saturated carbocycles. The van der Waals surface area contributed by atoms with Crippen LogP contribution in [0.5, 0.6) is 0 Å². The first kappa shape index (κ1) is 16.7. The fourth-order valence-corrected chi connectivity index (χ4v) is 2.40. The summed E-state index contributed by atoms with van der Waals surface area (Å²) in [6, 6.07) is 10.9. The van der Waals surface area contributed by atoms with Crippen molar-refractivity contribution in [3.63, 3.8) is 0 Å². The molecule has 2 atom stereocenters. The van der Waals surface area contributed by atoms with E-state index in [9.17, 15) is 4.79 Å². The fraction of sp³-hybridized carbons (Fsp3) is 0.200. The van der Waals surface area contributed by atoms with E-state index in [1.165, 1.54) is 6.20 Å². The Balaban J connectivity index is 1.70. The van der Waals surface area contributed by atoms with Crippen LogP contribution in [-0.2, 0) is 0 Å². The highest BCUT2D eigenvalue weighted by atomic mass is 16.5. The molecule has 1 unspecified atom stereocenters. The summed E-state index contributed by atoms with van der Waals surface area (Å²) < 4.78 is 0. The normalized spacial score (nSPS) is 17.5. The Labute approximate surface area is 145 Å². The van der Waals surface area contributed by atoms with Gasteiger partial charge in [0.05, 0.1) is 0 Å². The Morgan fingerprint density at radius 1 is 1.20 bits per heavy atom. The maximum atomic E-state index is 11.4. The van der Waals surface area contributed by atoms with Crippen LogP contribution < -0.4 is 5.48 Å². The third kappa shape index (κ3) is 4.24. The van der Waals surface area contributed by atoms with Crippen LogP contribution in [0.15, 0.2) is 42.6 Å². The number of aliphatic hydroxyl groups is 1. The van der Waals surface area contributed by atoms with Crippen molar-refractivity contribution >= 4 is 5.91 Å². The first-order valence-electron chi connectivity index (χ1n) is 7.84. The molecule has 0 saturated heterocycles. The summed E-state index contributed by atoms with van der Waals surface area (Å²) in [5.74, 6) is 11.6. The lowest BCUT2D eigenvalue weighted by atomic mass is 10.0. The zero-order valence-electron chi connectivity index (χ0n) is 13.4. The fourth-order valence-electron chi connectivity index (χ4n) is 2.40. The number of hydroxylamine groups is 1. The van der Waals surface area contributed by atoms with Crippen molar-refractivity contribution in [2.45, 2.75) is 6.42 Å². The molecule has 1 aliphatic carbocycles. The molecule has 2 aromatic rings. The number of rotatable bonds is 3. The first-order chi connectivity index (χ1) is 12.2. The number of hydrogen-bond acceptors (Lipinski definition) is 4. The second-order valence-corrected chi connectivity index (χ2v) is 5.75. The van der Waals surface area contributed by atoms with Crippen LogP contribution >= 0.6 is 0 Å². The molecule has 1 fully saturated rings. The van der Waals surface area contributed by atoms with E-state index in [1.807, 2.05) is 24.3 Å². The van der Waals surface area contributed by atoms with Gasteiger partial charge in [0.2, 0.25) is 0 Å². The highest BCUT2D eigenvalue weighted by molar-refractivity contribution is 5.92. The van der Waals surface area contributed by atoms with Gasteiger partial charge in [0.15, 0.2) is 0 Å². The molecule has 1 aliphatic rings. The summed E-state index contributed by atoms with van der Waals surface area (Å²) in [5, 5.41) is 17.6. The molecule has 25 heavy (non-hydrogen) atoms. The molecule has 0 bridgehead atoms. The minimum atomic E-state index is -0.651. The van der Waals surface area contributed by atoms with E-state index in [-0.39, 0.29) is 12.3 Å². The summed E-state index contributed by atoms with van der Waals surface area (Å²) in [5.41, 5.74) is 4.28. The van der Waals surface area contributed by atoms with Gasteiger partial charge >= 0.3 is 0 Å². The van der Waals surface area contributed by atoms with Gasteiger partial charge in [0.25, 0.3) is 5.91 Å². The predicted octanol–water partition coefficient (Wildman–Crippen LogP) is 1.85. The standard InChI is InChI=1S/C20H16N2O3/c23-13-18-11-16(18)4-2-1-3-14-5-7-15(8-6-14)17-9-10-21-19(12-17)20(24)22-25/h5-10,12,16,18,23,25H,11,13H2,(H,22,24)/t16?,18-/m0/s1. The topological polar surface area (TPSA) is 82.5 Å². The lowest BCUT2D eigenvalue weighted by molar-refractivity contribution is 0.0701. The van der Waals surface area contributed by atoms with E-state index in [2.05, 4.69) is 28.7 Å². The van der Waals surface area contributed by atoms with Crippen LogP contribution in [0, 0.1) is 35.5 Å². The van der Waals surface area contributed by atoms with Gasteiger partial charge < -0.3 is 5.11 Å². The molecule has 0 spiro atoms. The summed E-state index contributed by atoms with van der Waals surface area (Å²) in [6.45, 7) is 0.199. The van der Waals surface area contributed by atoms with E-state index in [0.29, 0.717) is 11.8 Å². The zero-order chi connectivity index (χ0) is 17.6. The van der Waals surface area contributed by atoms with Crippen molar-refractivity contribution in [1.82, 2.24) is 10.5 Å². The van der Waals surface area contributed by atoms with Crippen molar-refractivity contribution in [3.8, 4) is 34.8 Å². The molecule has 1 aromatic heterocycles. The molecule has 5 heteroatoms. The zero-order valence-corrected chi connectivity index (χ0v) is 13.4. The van der Waals surface area contributed by atoms with Gasteiger partial charge in [-0.15, -0.1) is 0 Å². The minimum Gasteiger partial charge on any atom is -0.396 e. The molecule has 3 N–H and O–H groups in total. The van der Waals surface area contributed by atoms with E-state index in [0.717, 1.165) is 23.1 Å². The predicted molar refractivity (Wildman–Crippen MR) is 92.3 cm³/mol. The number of aliphatic hydroxyl groups excluding tert-OH is 1. The van der Waals surface area contributed by atoms with Gasteiger partial charge in [-0.2, -0.15) is 0 Å². The van der Waals surface area contributed by atoms with Crippen LogP contribution in [0.4, 0.5) is 0 Å². The summed E-state index contributed by atoms with van der Waals surface area (Å²) in [7, 11) is 0. The van der Waals surface area contributed by atoms with Gasteiger partial charge in [-0.1, -0.05) is 24.0 Å². The van der Waals surface area contributed by atoms with Gasteiger partial charge in [0, 0.05) is 24.3 Å². The van der Waals surface area contributed by atoms with E-state index in [1.54, 1.807) is 17.6 Å². The quantitative estimate of drug-likeness (QED) is 0.455. The molecule has 1 amide bonds. The third-order valence-corrected chi connectivity index (χ3v) is 4.00. The van der Waals surface area contributed by atoms with E-state index >= 15 is 0 Å². The Morgan fingerprint density at radius 2 is 2.00 bits per heavy atom. The van der Waals surface area contributed by atoms with Crippen molar-refractivity contribution in [1.29, 1.82) is 0 Å². The number of carbonyl (C=O) groups is 1. The average Bonchev–Trinajstić information content (AvgIpc) is 3.44. The number of hydrogen-bond donors (Lipinski definition) is 3. The number of amides is 1. The van der Waals surface area contributed by atoms with Crippen molar-refractivity contribution < 1.29 is 15.1 Å². The Morgan fingerprint density at radius 3 is 2.68 bits per heavy atom. The lowest BCUT2D eigenvalue weighted by Gasteiger charge is -2.04. The third-order valence-electron chi connectivity index (χ3n) is 4.00. The van der Waals surface area contributed by atoms with Crippen LogP contribution in [0.1, 0.15) is 22.5 Å². The van der Waals surface area contributed by atoms with Gasteiger partial charge in [-0.3, -0.25) is 15.0 Å². The Bertz CT molecular complexity index is 898. The van der Waals surface area contributed by atoms with Crippen molar-refractivity contribution in [2.24, 2.45) is 11.8 Å². The van der Waals surface area contributed by atoms with Crippen LogP contribution in [0.3, 0.4) is 0 Å². The monoisotopic (exact) mass is 332 g/mol. The Kier molecular flexibility index (Phi) is 5.11. The number of nitrogens with one attached hydrogen (secondary N) is 1. The van der Waals surface area contributed by atoms with Crippen LogP contribution in [0.25, 0.3) is 11.1 Å². The van der Waals surface area contributed by atoms with Gasteiger partial charge in [0.1, 0.15) is 5.69 Å². The smallest absolute Gasteiger partial charge is 0.293 e. The van der Waals surface area contributed by atoms with Gasteiger partial charge in [-0.25, -0.2) is 5.48 Å². The molecular weight excluding hydrogens is 316 g/mol. The maximum absolute atomic E-state index is 11.4. The molecule has 1 aromatic carbocycles. The maximum Gasteiger partial charge on any atom is 0.293 e. The lowest BCUT2D eigenvalue weighted by Crippen LogP contribution is -2.19. The van der Waals surface area contributed by atoms with Crippen molar-refractivity contribution in [2.75, 3.05) is 6.61 Å². The van der Waals surface area contributed by atoms with Gasteiger partial charge in [-0.05, 0) is 59.6 Å². The van der Waals surface area contributed by atoms with Crippen LogP contribution in [0.2, 0.25) is 0 Å². The summed E-state index contributed by atoms with van der Waals surface area (Å²) >= 11 is 0. The van der Waals surface area contributed by atoms with E-state index in [4.69, 9.17) is 10.3 Å². The molecule has 0 aliphatic heterocycles. The SMILES string of the molecule is O=C(NO)c1cc(-c2ccc(C#CC#CC3C[C@H]3CO)cc2)ccn1. The van der Waals surface area contributed by atoms with Crippen LogP contribution in [-0.4, -0.2) is 27.8 Å². The number of pyridine rings is 1. The molecule has 3 rings (SSSR count). The summed E-state index contributed by atoms with van der Waals surface area (Å²) in [4.78, 5) is 15.3. The Hall–Kier alpha value is -3.12. The number of benzene rings is 1. The first-order valence-corrected chi connectivity index (χ1v) is 7.84. The largest absolute Gasteiger partial charge is 0.396 e. The number of nitrogens with zero attached hydrogens (tertiary/aromatic N) is 1. The highest BCUT2D eigenvalue weighted by Crippen LogP contribution is 2.36. The number of aromatic nitrogens is 1. The number of carbonyl (C=O) groups excluding carboxylic acids is 1. The summed E-state index contributed by atoms with van der Waals surface area (Å²) in [6.07, 6.45) is 2.48. The molecule has 124 valence electrons. The average molecular weight is 332 g/mol. The molecule has 1 heterocycles. The molecular formula is C20H16N2O3. The molecule has 5 nitrogen and oxygen atoms in total. The minimum absolute atomic E-state index is 0.139.